The third-order valence-corrected chi connectivity index (χ3v) is 5.30. The van der Waals surface area contributed by atoms with Crippen molar-refractivity contribution in [3.8, 4) is 0 Å². The van der Waals surface area contributed by atoms with Crippen LogP contribution in [0.2, 0.25) is 0 Å². The third kappa shape index (κ3) is 2.95. The number of carbonyl (C=O) groups is 1. The zero-order chi connectivity index (χ0) is 14.3. The van der Waals surface area contributed by atoms with E-state index in [-0.39, 0.29) is 36.3 Å². The fourth-order valence-corrected chi connectivity index (χ4v) is 4.18. The maximum atomic E-state index is 12.5. The van der Waals surface area contributed by atoms with Gasteiger partial charge in [0.15, 0.2) is 0 Å². The van der Waals surface area contributed by atoms with E-state index in [1.807, 2.05) is 12.1 Å². The second-order valence-electron chi connectivity index (χ2n) is 6.52. The third-order valence-electron chi connectivity index (χ3n) is 5.30. The molecule has 2 fully saturated rings. The van der Waals surface area contributed by atoms with E-state index in [4.69, 9.17) is 5.73 Å². The summed E-state index contributed by atoms with van der Waals surface area (Å²) >= 11 is 0. The molecule has 0 saturated heterocycles. The largest absolute Gasteiger partial charge is 0.349 e. The summed E-state index contributed by atoms with van der Waals surface area (Å²) in [6, 6.07) is 8.34. The molecule has 5 unspecified atom stereocenters. The average molecular weight is 309 g/mol. The molecule has 3 rings (SSSR count). The van der Waals surface area contributed by atoms with Gasteiger partial charge in [-0.05, 0) is 56.1 Å². The molecule has 1 aromatic rings. The molecule has 21 heavy (non-hydrogen) atoms. The van der Waals surface area contributed by atoms with E-state index < -0.39 is 0 Å². The van der Waals surface area contributed by atoms with E-state index in [1.165, 1.54) is 24.0 Å². The van der Waals surface area contributed by atoms with Gasteiger partial charge < -0.3 is 11.1 Å². The normalized spacial score (nSPS) is 31.6. The van der Waals surface area contributed by atoms with Crippen LogP contribution in [0.5, 0.6) is 0 Å². The number of aryl methyl sites for hydroxylation is 1. The minimum atomic E-state index is 0. The van der Waals surface area contributed by atoms with Crippen LogP contribution in [0.15, 0.2) is 24.3 Å². The molecule has 2 bridgehead atoms. The topological polar surface area (TPSA) is 55.1 Å². The first-order valence-corrected chi connectivity index (χ1v) is 7.69. The Morgan fingerprint density at radius 3 is 2.57 bits per heavy atom. The summed E-state index contributed by atoms with van der Waals surface area (Å²) in [4.78, 5) is 12.5. The van der Waals surface area contributed by atoms with Gasteiger partial charge in [-0.15, -0.1) is 12.4 Å². The van der Waals surface area contributed by atoms with Gasteiger partial charge in [-0.1, -0.05) is 24.3 Å². The molecule has 2 saturated carbocycles. The molecule has 0 aliphatic heterocycles. The van der Waals surface area contributed by atoms with Gasteiger partial charge in [0.1, 0.15) is 0 Å². The van der Waals surface area contributed by atoms with Crippen molar-refractivity contribution in [2.75, 3.05) is 0 Å². The Hall–Kier alpha value is -1.06. The highest BCUT2D eigenvalue weighted by atomic mass is 35.5. The predicted octanol–water partition coefficient (Wildman–Crippen LogP) is 2.97. The summed E-state index contributed by atoms with van der Waals surface area (Å²) in [6.07, 6.45) is 3.54. The van der Waals surface area contributed by atoms with E-state index in [0.717, 1.165) is 6.42 Å². The maximum Gasteiger partial charge on any atom is 0.225 e. The SMILES string of the molecule is Cc1ccccc1C(C)NC(=O)C1C2CCC(C2)C1N.Cl. The van der Waals surface area contributed by atoms with E-state index in [9.17, 15) is 4.79 Å². The van der Waals surface area contributed by atoms with Crippen molar-refractivity contribution in [3.05, 3.63) is 35.4 Å². The van der Waals surface area contributed by atoms with Gasteiger partial charge in [0.25, 0.3) is 0 Å². The molecule has 3 nitrogen and oxygen atoms in total. The molecule has 0 heterocycles. The van der Waals surface area contributed by atoms with Gasteiger partial charge in [0.2, 0.25) is 5.91 Å². The molecule has 1 amide bonds. The number of halogens is 1. The number of hydrogen-bond donors (Lipinski definition) is 2. The van der Waals surface area contributed by atoms with Crippen molar-refractivity contribution in [1.29, 1.82) is 0 Å². The fourth-order valence-electron chi connectivity index (χ4n) is 4.18. The Morgan fingerprint density at radius 2 is 1.95 bits per heavy atom. The molecule has 0 spiro atoms. The minimum absolute atomic E-state index is 0. The Kier molecular flexibility index (Phi) is 4.95. The van der Waals surface area contributed by atoms with Crippen LogP contribution in [-0.2, 0) is 4.79 Å². The quantitative estimate of drug-likeness (QED) is 0.902. The summed E-state index contributed by atoms with van der Waals surface area (Å²) in [5, 5.41) is 3.18. The molecule has 3 N–H and O–H groups in total. The standard InChI is InChI=1S/C17H24N2O.ClH/c1-10-5-3-4-6-14(10)11(2)19-17(20)15-12-7-8-13(9-12)16(15)18;/h3-6,11-13,15-16H,7-9,18H2,1-2H3,(H,19,20);1H. The van der Waals surface area contributed by atoms with Gasteiger partial charge in [-0.3, -0.25) is 4.79 Å². The summed E-state index contributed by atoms with van der Waals surface area (Å²) < 4.78 is 0. The molecular weight excluding hydrogens is 284 g/mol. The molecular formula is C17H25ClN2O. The van der Waals surface area contributed by atoms with E-state index in [1.54, 1.807) is 0 Å². The van der Waals surface area contributed by atoms with E-state index >= 15 is 0 Å². The number of benzene rings is 1. The van der Waals surface area contributed by atoms with Gasteiger partial charge in [-0.2, -0.15) is 0 Å². The fraction of sp³-hybridized carbons (Fsp3) is 0.588. The lowest BCUT2D eigenvalue weighted by atomic mass is 9.84. The number of amides is 1. The molecule has 1 aromatic carbocycles. The Morgan fingerprint density at radius 1 is 1.29 bits per heavy atom. The van der Waals surface area contributed by atoms with Crippen molar-refractivity contribution in [3.63, 3.8) is 0 Å². The summed E-state index contributed by atoms with van der Waals surface area (Å²) in [5.41, 5.74) is 8.66. The first-order chi connectivity index (χ1) is 9.58. The smallest absolute Gasteiger partial charge is 0.225 e. The second kappa shape index (κ2) is 6.37. The number of fused-ring (bicyclic) bond motifs is 2. The van der Waals surface area contributed by atoms with Gasteiger partial charge in [0, 0.05) is 6.04 Å². The monoisotopic (exact) mass is 308 g/mol. The molecule has 2 aliphatic carbocycles. The van der Waals surface area contributed by atoms with Crippen molar-refractivity contribution in [1.82, 2.24) is 5.32 Å². The number of hydrogen-bond acceptors (Lipinski definition) is 2. The number of nitrogens with one attached hydrogen (secondary N) is 1. The van der Waals surface area contributed by atoms with Crippen molar-refractivity contribution >= 4 is 18.3 Å². The van der Waals surface area contributed by atoms with Gasteiger partial charge in [0.05, 0.1) is 12.0 Å². The van der Waals surface area contributed by atoms with Crippen LogP contribution in [-0.4, -0.2) is 11.9 Å². The lowest BCUT2D eigenvalue weighted by molar-refractivity contribution is -0.127. The predicted molar refractivity (Wildman–Crippen MR) is 87.3 cm³/mol. The minimum Gasteiger partial charge on any atom is -0.349 e. The van der Waals surface area contributed by atoms with E-state index in [2.05, 4.69) is 31.3 Å². The van der Waals surface area contributed by atoms with Crippen LogP contribution in [0.25, 0.3) is 0 Å². The molecule has 4 heteroatoms. The first kappa shape index (κ1) is 16.3. The Labute approximate surface area is 133 Å². The molecule has 116 valence electrons. The second-order valence-corrected chi connectivity index (χ2v) is 6.52. The maximum absolute atomic E-state index is 12.5. The first-order valence-electron chi connectivity index (χ1n) is 7.69. The van der Waals surface area contributed by atoms with Crippen molar-refractivity contribution in [2.24, 2.45) is 23.5 Å². The van der Waals surface area contributed by atoms with Crippen LogP contribution >= 0.6 is 12.4 Å². The highest BCUT2D eigenvalue weighted by molar-refractivity contribution is 5.85. The van der Waals surface area contributed by atoms with Gasteiger partial charge >= 0.3 is 0 Å². The van der Waals surface area contributed by atoms with Crippen LogP contribution < -0.4 is 11.1 Å². The van der Waals surface area contributed by atoms with E-state index in [0.29, 0.717) is 11.8 Å². The Balaban J connectivity index is 0.00000161. The van der Waals surface area contributed by atoms with Crippen LogP contribution in [0.1, 0.15) is 43.4 Å². The number of carbonyl (C=O) groups excluding carboxylic acids is 1. The summed E-state index contributed by atoms with van der Waals surface area (Å²) in [7, 11) is 0. The summed E-state index contributed by atoms with van der Waals surface area (Å²) in [5.74, 6) is 1.27. The van der Waals surface area contributed by atoms with Gasteiger partial charge in [-0.25, -0.2) is 0 Å². The van der Waals surface area contributed by atoms with Crippen molar-refractivity contribution < 1.29 is 4.79 Å². The van der Waals surface area contributed by atoms with Crippen LogP contribution in [0, 0.1) is 24.7 Å². The molecule has 2 aliphatic rings. The average Bonchev–Trinajstić information content (AvgIpc) is 2.99. The highest BCUT2D eigenvalue weighted by Crippen LogP contribution is 2.47. The summed E-state index contributed by atoms with van der Waals surface area (Å²) in [6.45, 7) is 4.14. The molecule has 5 atom stereocenters. The zero-order valence-corrected chi connectivity index (χ0v) is 13.5. The molecule has 0 aromatic heterocycles. The lowest BCUT2D eigenvalue weighted by Crippen LogP contribution is -2.45. The Bertz CT molecular complexity index is 517. The zero-order valence-electron chi connectivity index (χ0n) is 12.7. The number of nitrogens with two attached hydrogens (primary N) is 1. The number of rotatable bonds is 3. The van der Waals surface area contributed by atoms with Crippen molar-refractivity contribution in [2.45, 2.75) is 45.2 Å². The van der Waals surface area contributed by atoms with Crippen LogP contribution in [0.4, 0.5) is 0 Å². The highest BCUT2D eigenvalue weighted by Gasteiger charge is 2.49. The van der Waals surface area contributed by atoms with Crippen LogP contribution in [0.3, 0.4) is 0 Å². The molecule has 0 radical (unpaired) electrons. The lowest BCUT2D eigenvalue weighted by Gasteiger charge is -2.28.